The van der Waals surface area contributed by atoms with E-state index in [4.69, 9.17) is 9.47 Å². The van der Waals surface area contributed by atoms with E-state index in [2.05, 4.69) is 32.2 Å². The fraction of sp³-hybridized carbons (Fsp3) is 0.667. The molecule has 3 heterocycles. The van der Waals surface area contributed by atoms with Gasteiger partial charge in [-0.05, 0) is 92.2 Å². The first kappa shape index (κ1) is 33.0. The SMILES string of the molecule is CC1=CC2CCC(O)C(C)C2C(/C(O)=C2\NC(=O)C(O)C2=O)C1CC1OC2(CCC(C)C(c3cc(O)cc(O)c3)O2)C(C)CC1C. The molecule has 1 aromatic rings. The van der Waals surface area contributed by atoms with Crippen molar-refractivity contribution in [1.29, 1.82) is 0 Å². The second-order valence-corrected chi connectivity index (χ2v) is 15.0. The van der Waals surface area contributed by atoms with Gasteiger partial charge in [-0.3, -0.25) is 9.59 Å². The van der Waals surface area contributed by atoms with Crippen molar-refractivity contribution in [3.63, 3.8) is 0 Å². The average molecular weight is 640 g/mol. The largest absolute Gasteiger partial charge is 0.510 e. The molecule has 1 spiro atoms. The number of rotatable bonds is 4. The number of fused-ring (bicyclic) bond motifs is 1. The van der Waals surface area contributed by atoms with Crippen LogP contribution in [0.2, 0.25) is 0 Å². The summed E-state index contributed by atoms with van der Waals surface area (Å²) in [4.78, 5) is 25.1. The lowest BCUT2D eigenvalue weighted by atomic mass is 9.56. The minimum atomic E-state index is -1.85. The maximum atomic E-state index is 12.9. The predicted octanol–water partition coefficient (Wildman–Crippen LogP) is 4.78. The van der Waals surface area contributed by atoms with E-state index >= 15 is 0 Å². The number of hydrogen-bond donors (Lipinski definition) is 6. The lowest BCUT2D eigenvalue weighted by molar-refractivity contribution is -0.356. The average Bonchev–Trinajstić information content (AvgIpc) is 3.25. The summed E-state index contributed by atoms with van der Waals surface area (Å²) in [6.45, 7) is 10.4. The van der Waals surface area contributed by atoms with Crippen molar-refractivity contribution in [1.82, 2.24) is 5.32 Å². The number of amides is 1. The van der Waals surface area contributed by atoms with Crippen LogP contribution in [0.25, 0.3) is 0 Å². The van der Waals surface area contributed by atoms with Gasteiger partial charge in [-0.1, -0.05) is 39.3 Å². The van der Waals surface area contributed by atoms with E-state index < -0.39 is 41.7 Å². The molecule has 1 aromatic carbocycles. The van der Waals surface area contributed by atoms with Gasteiger partial charge in [-0.25, -0.2) is 0 Å². The van der Waals surface area contributed by atoms with Crippen LogP contribution in [0.3, 0.4) is 0 Å². The first-order chi connectivity index (χ1) is 21.7. The Balaban J connectivity index is 1.34. The molecule has 4 fully saturated rings. The van der Waals surface area contributed by atoms with Crippen molar-refractivity contribution in [2.45, 2.75) is 103 Å². The van der Waals surface area contributed by atoms with E-state index in [1.165, 1.54) is 6.07 Å². The van der Waals surface area contributed by atoms with Crippen molar-refractivity contribution in [3.8, 4) is 11.5 Å². The van der Waals surface area contributed by atoms with E-state index in [1.807, 2.05) is 13.8 Å². The van der Waals surface area contributed by atoms with Crippen LogP contribution in [0.15, 0.2) is 41.3 Å². The van der Waals surface area contributed by atoms with Crippen LogP contribution in [0.5, 0.6) is 11.5 Å². The molecular weight excluding hydrogens is 590 g/mol. The summed E-state index contributed by atoms with van der Waals surface area (Å²) >= 11 is 0. The summed E-state index contributed by atoms with van der Waals surface area (Å²) in [6.07, 6.45) is 3.45. The highest BCUT2D eigenvalue weighted by Crippen LogP contribution is 2.55. The smallest absolute Gasteiger partial charge is 0.261 e. The molecular formula is C36H49NO9. The quantitative estimate of drug-likeness (QED) is 0.118. The maximum Gasteiger partial charge on any atom is 0.261 e. The Hall–Kier alpha value is -2.92. The van der Waals surface area contributed by atoms with Gasteiger partial charge in [0.25, 0.3) is 5.91 Å². The van der Waals surface area contributed by atoms with Crippen LogP contribution in [0.4, 0.5) is 0 Å². The first-order valence-electron chi connectivity index (χ1n) is 16.9. The highest BCUT2D eigenvalue weighted by atomic mass is 16.7. The van der Waals surface area contributed by atoms with Gasteiger partial charge < -0.3 is 40.3 Å². The van der Waals surface area contributed by atoms with Crippen LogP contribution in [-0.2, 0) is 19.1 Å². The van der Waals surface area contributed by atoms with Crippen LogP contribution < -0.4 is 5.32 Å². The number of allylic oxidation sites excluding steroid dienone is 3. The first-order valence-corrected chi connectivity index (χ1v) is 16.9. The zero-order valence-corrected chi connectivity index (χ0v) is 27.3. The highest BCUT2D eigenvalue weighted by molar-refractivity contribution is 6.19. The minimum Gasteiger partial charge on any atom is -0.510 e. The van der Waals surface area contributed by atoms with E-state index in [-0.39, 0.29) is 70.5 Å². The van der Waals surface area contributed by atoms with E-state index in [9.17, 15) is 35.1 Å². The van der Waals surface area contributed by atoms with Crippen molar-refractivity contribution < 1.29 is 44.6 Å². The lowest BCUT2D eigenvalue weighted by Gasteiger charge is -2.54. The molecule has 10 nitrogen and oxygen atoms in total. The van der Waals surface area contributed by atoms with Gasteiger partial charge in [0.2, 0.25) is 5.78 Å². The highest BCUT2D eigenvalue weighted by Gasteiger charge is 2.54. The Kier molecular flexibility index (Phi) is 8.80. The number of carbonyl (C=O) groups is 2. The van der Waals surface area contributed by atoms with E-state index in [0.717, 1.165) is 24.8 Å². The summed E-state index contributed by atoms with van der Waals surface area (Å²) in [7, 11) is 0. The molecule has 0 bridgehead atoms. The van der Waals surface area contributed by atoms with Gasteiger partial charge in [0.05, 0.1) is 18.3 Å². The molecule has 6 rings (SSSR count). The number of phenolic OH excluding ortho intramolecular Hbond substituents is 2. The second kappa shape index (κ2) is 12.3. The molecule has 46 heavy (non-hydrogen) atoms. The Morgan fingerprint density at radius 3 is 2.33 bits per heavy atom. The molecule has 1 saturated carbocycles. The molecule has 3 aliphatic heterocycles. The summed E-state index contributed by atoms with van der Waals surface area (Å²) in [5, 5.41) is 55.7. The Morgan fingerprint density at radius 1 is 0.978 bits per heavy atom. The van der Waals surface area contributed by atoms with Crippen LogP contribution in [-0.4, -0.2) is 61.3 Å². The number of aliphatic hydroxyl groups excluding tert-OH is 3. The molecule has 10 heteroatoms. The van der Waals surface area contributed by atoms with E-state index in [0.29, 0.717) is 24.8 Å². The summed E-state index contributed by atoms with van der Waals surface area (Å²) in [6, 6.07) is 4.55. The Morgan fingerprint density at radius 2 is 1.67 bits per heavy atom. The monoisotopic (exact) mass is 639 g/mol. The van der Waals surface area contributed by atoms with Crippen LogP contribution in [0.1, 0.15) is 84.8 Å². The molecule has 2 aliphatic carbocycles. The summed E-state index contributed by atoms with van der Waals surface area (Å²) < 4.78 is 13.9. The van der Waals surface area contributed by atoms with Gasteiger partial charge >= 0.3 is 0 Å². The zero-order chi connectivity index (χ0) is 33.2. The number of ether oxygens (including phenoxy) is 2. The van der Waals surface area contributed by atoms with Gasteiger partial charge in [0, 0.05) is 24.3 Å². The molecule has 13 atom stereocenters. The number of aromatic hydroxyl groups is 2. The van der Waals surface area contributed by atoms with Crippen molar-refractivity contribution in [2.24, 2.45) is 47.3 Å². The number of carbonyl (C=O) groups excluding carboxylic acids is 2. The molecule has 5 aliphatic rings. The van der Waals surface area contributed by atoms with Crippen LogP contribution in [0, 0.1) is 47.3 Å². The number of Topliss-reactive ketones (excluding diaryl/α,β-unsaturated/α-hetero) is 1. The third-order valence-electron chi connectivity index (χ3n) is 12.0. The molecule has 0 aromatic heterocycles. The lowest BCUT2D eigenvalue weighted by Crippen LogP contribution is -2.55. The van der Waals surface area contributed by atoms with Gasteiger partial charge in [0.1, 0.15) is 23.0 Å². The predicted molar refractivity (Wildman–Crippen MR) is 168 cm³/mol. The molecule has 3 saturated heterocycles. The van der Waals surface area contributed by atoms with Crippen molar-refractivity contribution >= 4 is 11.7 Å². The van der Waals surface area contributed by atoms with Crippen molar-refractivity contribution in [2.75, 3.05) is 0 Å². The molecule has 0 radical (unpaired) electrons. The third-order valence-corrected chi connectivity index (χ3v) is 12.0. The number of phenols is 2. The normalized spacial score (nSPS) is 44.0. The standard InChI is InChI=1S/C36H49NO9/c1-16-8-9-36(46-34(16)22-12-23(38)14-24(39)13-22)19(4)10-18(3)27(45-36)15-25-17(2)11-21-6-7-26(40)20(5)28(21)29(25)31(41)30-32(42)33(43)35(44)37-30/h11-14,16,18-21,25-29,33-34,38-41,43H,6-10,15H2,1-5H3,(H,37,44)/b31-30+. The van der Waals surface area contributed by atoms with Gasteiger partial charge in [-0.2, -0.15) is 0 Å². The Labute approximate surface area is 270 Å². The third kappa shape index (κ3) is 5.65. The van der Waals surface area contributed by atoms with Crippen LogP contribution >= 0.6 is 0 Å². The summed E-state index contributed by atoms with van der Waals surface area (Å²) in [5.74, 6) is -3.64. The fourth-order valence-electron chi connectivity index (χ4n) is 9.34. The number of aliphatic hydroxyl groups is 3. The van der Waals surface area contributed by atoms with E-state index in [1.54, 1.807) is 12.1 Å². The van der Waals surface area contributed by atoms with Gasteiger partial charge in [-0.15, -0.1) is 0 Å². The molecule has 1 amide bonds. The maximum absolute atomic E-state index is 12.9. The minimum absolute atomic E-state index is 0.0288. The number of nitrogens with one attached hydrogen (secondary N) is 1. The van der Waals surface area contributed by atoms with Crippen molar-refractivity contribution in [3.05, 3.63) is 46.9 Å². The number of hydrogen-bond acceptors (Lipinski definition) is 9. The molecule has 6 N–H and O–H groups in total. The number of ketones is 1. The molecule has 13 unspecified atom stereocenters. The Bertz CT molecular complexity index is 1420. The van der Waals surface area contributed by atoms with Gasteiger partial charge in [0.15, 0.2) is 11.9 Å². The molecule has 252 valence electrons. The summed E-state index contributed by atoms with van der Waals surface area (Å²) in [5.41, 5.74) is 1.51. The topological polar surface area (TPSA) is 166 Å². The second-order valence-electron chi connectivity index (χ2n) is 15.0. The fourth-order valence-corrected chi connectivity index (χ4v) is 9.34. The number of benzene rings is 1. The zero-order valence-electron chi connectivity index (χ0n) is 27.3.